The monoisotopic (exact) mass is 330 g/mol. The molecule has 1 aliphatic heterocycles. The number of aryl methyl sites for hydroxylation is 1. The Kier molecular flexibility index (Phi) is 4.01. The first-order chi connectivity index (χ1) is 11.5. The molecule has 0 unspecified atom stereocenters. The van der Waals surface area contributed by atoms with Gasteiger partial charge in [0.05, 0.1) is 18.2 Å². The molecule has 2 aromatic rings. The van der Waals surface area contributed by atoms with Crippen LogP contribution >= 0.6 is 0 Å². The van der Waals surface area contributed by atoms with Crippen LogP contribution in [0.15, 0.2) is 18.2 Å². The molecule has 1 aromatic heterocycles. The molecule has 2 heterocycles. The summed E-state index contributed by atoms with van der Waals surface area (Å²) in [6.45, 7) is 0.415. The Balaban J connectivity index is 2.38. The zero-order chi connectivity index (χ0) is 17.4. The molecule has 0 aliphatic carbocycles. The first kappa shape index (κ1) is 16.0. The van der Waals surface area contributed by atoms with Gasteiger partial charge in [0.1, 0.15) is 12.2 Å². The Bertz CT molecular complexity index is 852. The van der Waals surface area contributed by atoms with E-state index in [1.807, 2.05) is 0 Å². The lowest BCUT2D eigenvalue weighted by molar-refractivity contribution is -0.141. The molecule has 126 valence electrons. The van der Waals surface area contributed by atoms with E-state index in [0.717, 1.165) is 12.0 Å². The Morgan fingerprint density at radius 1 is 1.33 bits per heavy atom. The lowest BCUT2D eigenvalue weighted by Gasteiger charge is -2.16. The summed E-state index contributed by atoms with van der Waals surface area (Å²) in [6, 6.07) is 4.94. The minimum Gasteiger partial charge on any atom is -0.478 e. The smallest absolute Gasteiger partial charge is 0.337 e. The number of aromatic carboxylic acids is 1. The maximum absolute atomic E-state index is 12.8. The molecule has 1 aliphatic rings. The number of carboxylic acids is 1. The molecular formula is C17H18N2O5. The summed E-state index contributed by atoms with van der Waals surface area (Å²) in [5, 5.41) is 10.2. The number of aromatic nitrogens is 1. The molecule has 24 heavy (non-hydrogen) atoms. The van der Waals surface area contributed by atoms with Gasteiger partial charge in [-0.3, -0.25) is 9.59 Å². The van der Waals surface area contributed by atoms with Crippen molar-refractivity contribution in [1.29, 1.82) is 0 Å². The standard InChI is InChI=1S/C17H18N2O5/c1-18-8-4-7-11-10-5-3-6-12(17(22)23)14(10)19(9-13(20)24-2)15(11)16(18)21/h3,5-6H,4,7-9H2,1-2H3,(H,22,23). The fourth-order valence-electron chi connectivity index (χ4n) is 3.28. The predicted octanol–water partition coefficient (Wildman–Crippen LogP) is 1.53. The number of esters is 1. The van der Waals surface area contributed by atoms with Crippen LogP contribution < -0.4 is 0 Å². The minimum atomic E-state index is -1.10. The van der Waals surface area contributed by atoms with Crippen LogP contribution in [0.2, 0.25) is 0 Å². The van der Waals surface area contributed by atoms with Crippen LogP contribution in [0.5, 0.6) is 0 Å². The molecule has 0 radical (unpaired) electrons. The van der Waals surface area contributed by atoms with Gasteiger partial charge in [-0.25, -0.2) is 4.79 Å². The second-order valence-corrected chi connectivity index (χ2v) is 5.83. The lowest BCUT2D eigenvalue weighted by Crippen LogP contribution is -2.29. The average molecular weight is 330 g/mol. The highest BCUT2D eigenvalue weighted by molar-refractivity contribution is 6.09. The molecule has 1 amide bonds. The van der Waals surface area contributed by atoms with Crippen molar-refractivity contribution in [3.05, 3.63) is 35.0 Å². The van der Waals surface area contributed by atoms with Crippen LogP contribution in [0, 0.1) is 0 Å². The van der Waals surface area contributed by atoms with Crippen LogP contribution in [0.1, 0.15) is 32.8 Å². The molecule has 0 saturated heterocycles. The molecule has 0 fully saturated rings. The number of benzene rings is 1. The quantitative estimate of drug-likeness (QED) is 0.862. The summed E-state index contributed by atoms with van der Waals surface area (Å²) in [5.41, 5.74) is 1.64. The topological polar surface area (TPSA) is 88.8 Å². The van der Waals surface area contributed by atoms with Crippen molar-refractivity contribution in [3.63, 3.8) is 0 Å². The predicted molar refractivity (Wildman–Crippen MR) is 86.2 cm³/mol. The van der Waals surface area contributed by atoms with Crippen LogP contribution in [0.4, 0.5) is 0 Å². The van der Waals surface area contributed by atoms with E-state index in [2.05, 4.69) is 0 Å². The Morgan fingerprint density at radius 3 is 2.75 bits per heavy atom. The van der Waals surface area contributed by atoms with Crippen molar-refractivity contribution in [2.24, 2.45) is 0 Å². The Morgan fingerprint density at radius 2 is 2.08 bits per heavy atom. The van der Waals surface area contributed by atoms with Gasteiger partial charge in [0.2, 0.25) is 0 Å². The summed E-state index contributed by atoms with van der Waals surface area (Å²) in [5.74, 6) is -1.84. The third-order valence-electron chi connectivity index (χ3n) is 4.40. The number of hydrogen-bond acceptors (Lipinski definition) is 4. The van der Waals surface area contributed by atoms with E-state index >= 15 is 0 Å². The van der Waals surface area contributed by atoms with E-state index < -0.39 is 11.9 Å². The fourth-order valence-corrected chi connectivity index (χ4v) is 3.28. The van der Waals surface area contributed by atoms with E-state index in [4.69, 9.17) is 4.74 Å². The number of amides is 1. The van der Waals surface area contributed by atoms with Crippen molar-refractivity contribution in [1.82, 2.24) is 9.47 Å². The number of carbonyl (C=O) groups is 3. The molecule has 3 rings (SSSR count). The van der Waals surface area contributed by atoms with E-state index in [1.54, 1.807) is 24.1 Å². The summed E-state index contributed by atoms with van der Waals surface area (Å²) in [4.78, 5) is 37.9. The fraction of sp³-hybridized carbons (Fsp3) is 0.353. The number of para-hydroxylation sites is 1. The maximum atomic E-state index is 12.8. The largest absolute Gasteiger partial charge is 0.478 e. The van der Waals surface area contributed by atoms with Gasteiger partial charge in [-0.1, -0.05) is 12.1 Å². The molecule has 7 nitrogen and oxygen atoms in total. The van der Waals surface area contributed by atoms with Gasteiger partial charge in [-0.15, -0.1) is 0 Å². The number of rotatable bonds is 3. The van der Waals surface area contributed by atoms with E-state index in [1.165, 1.54) is 17.7 Å². The zero-order valence-corrected chi connectivity index (χ0v) is 13.5. The van der Waals surface area contributed by atoms with Gasteiger partial charge < -0.3 is 19.3 Å². The van der Waals surface area contributed by atoms with Gasteiger partial charge in [0.25, 0.3) is 5.91 Å². The number of ether oxygens (including phenoxy) is 1. The number of methoxy groups -OCH3 is 1. The number of carbonyl (C=O) groups excluding carboxylic acids is 2. The lowest BCUT2D eigenvalue weighted by atomic mass is 10.0. The van der Waals surface area contributed by atoms with Crippen LogP contribution in [-0.4, -0.2) is 53.1 Å². The van der Waals surface area contributed by atoms with Crippen molar-refractivity contribution < 1.29 is 24.2 Å². The normalized spacial score (nSPS) is 14.4. The van der Waals surface area contributed by atoms with Crippen molar-refractivity contribution in [2.45, 2.75) is 19.4 Å². The van der Waals surface area contributed by atoms with Crippen LogP contribution in [-0.2, 0) is 22.5 Å². The molecule has 0 saturated carbocycles. The molecule has 1 N–H and O–H groups in total. The Hall–Kier alpha value is -2.83. The Labute approximate surface area is 138 Å². The number of fused-ring (bicyclic) bond motifs is 3. The second-order valence-electron chi connectivity index (χ2n) is 5.83. The summed E-state index contributed by atoms with van der Waals surface area (Å²) in [7, 11) is 2.97. The van der Waals surface area contributed by atoms with Crippen LogP contribution in [0.25, 0.3) is 10.9 Å². The van der Waals surface area contributed by atoms with Gasteiger partial charge in [-0.05, 0) is 24.5 Å². The van der Waals surface area contributed by atoms with Gasteiger partial charge in [-0.2, -0.15) is 0 Å². The molecule has 0 bridgehead atoms. The molecule has 7 heteroatoms. The van der Waals surface area contributed by atoms with E-state index in [0.29, 0.717) is 29.6 Å². The summed E-state index contributed by atoms with van der Waals surface area (Å²) < 4.78 is 6.22. The maximum Gasteiger partial charge on any atom is 0.337 e. The van der Waals surface area contributed by atoms with Crippen molar-refractivity contribution in [3.8, 4) is 0 Å². The van der Waals surface area contributed by atoms with Crippen molar-refractivity contribution in [2.75, 3.05) is 20.7 Å². The van der Waals surface area contributed by atoms with Gasteiger partial charge in [0, 0.05) is 19.0 Å². The minimum absolute atomic E-state index is 0.0694. The number of carboxylic acid groups (broad SMARTS) is 1. The third-order valence-corrected chi connectivity index (χ3v) is 4.40. The first-order valence-electron chi connectivity index (χ1n) is 7.65. The van der Waals surface area contributed by atoms with Crippen LogP contribution in [0.3, 0.4) is 0 Å². The summed E-state index contributed by atoms with van der Waals surface area (Å²) in [6.07, 6.45) is 1.43. The molecule has 1 aromatic carbocycles. The van der Waals surface area contributed by atoms with Gasteiger partial charge >= 0.3 is 11.9 Å². The first-order valence-corrected chi connectivity index (χ1v) is 7.65. The number of hydrogen-bond donors (Lipinski definition) is 1. The SMILES string of the molecule is COC(=O)Cn1c2c(c3cccc(C(=O)O)c31)CCCN(C)C2=O. The number of nitrogens with zero attached hydrogens (tertiary/aromatic N) is 2. The molecular weight excluding hydrogens is 312 g/mol. The molecule has 0 atom stereocenters. The highest BCUT2D eigenvalue weighted by atomic mass is 16.5. The second kappa shape index (κ2) is 5.99. The van der Waals surface area contributed by atoms with E-state index in [-0.39, 0.29) is 18.0 Å². The highest BCUT2D eigenvalue weighted by Crippen LogP contribution is 2.32. The van der Waals surface area contributed by atoms with Crippen molar-refractivity contribution >= 4 is 28.7 Å². The average Bonchev–Trinajstić information content (AvgIpc) is 2.78. The highest BCUT2D eigenvalue weighted by Gasteiger charge is 2.30. The third kappa shape index (κ3) is 2.42. The zero-order valence-electron chi connectivity index (χ0n) is 13.5. The van der Waals surface area contributed by atoms with Gasteiger partial charge in [0.15, 0.2) is 0 Å². The van der Waals surface area contributed by atoms with E-state index in [9.17, 15) is 19.5 Å². The molecule has 0 spiro atoms. The summed E-state index contributed by atoms with van der Waals surface area (Å²) >= 11 is 0.